The van der Waals surface area contributed by atoms with Gasteiger partial charge >= 0.3 is 0 Å². The lowest BCUT2D eigenvalue weighted by Gasteiger charge is -2.22. The maximum absolute atomic E-state index is 13.9. The Morgan fingerprint density at radius 3 is 2.15 bits per heavy atom. The fourth-order valence-corrected chi connectivity index (χ4v) is 3.19. The van der Waals surface area contributed by atoms with Gasteiger partial charge in [0.05, 0.1) is 5.56 Å². The minimum absolute atomic E-state index is 0.0201. The third-order valence-electron chi connectivity index (χ3n) is 4.93. The van der Waals surface area contributed by atoms with Crippen molar-refractivity contribution in [3.63, 3.8) is 0 Å². The van der Waals surface area contributed by atoms with Crippen molar-refractivity contribution in [3.05, 3.63) is 70.5 Å². The maximum atomic E-state index is 13.9. The van der Waals surface area contributed by atoms with Crippen LogP contribution in [-0.4, -0.2) is 47.8 Å². The fraction of sp³-hybridized carbons (Fsp3) is 0.333. The summed E-state index contributed by atoms with van der Waals surface area (Å²) in [5.74, 6) is -0.846. The predicted octanol–water partition coefficient (Wildman–Crippen LogP) is 3.43. The summed E-state index contributed by atoms with van der Waals surface area (Å²) < 4.78 is 13.9. The van der Waals surface area contributed by atoms with Gasteiger partial charge < -0.3 is 9.80 Å². The molecule has 26 heavy (non-hydrogen) atoms. The first kappa shape index (κ1) is 18.1. The van der Waals surface area contributed by atoms with Crippen LogP contribution in [0.15, 0.2) is 42.5 Å². The molecule has 2 aromatic carbocycles. The standard InChI is InChI=1S/C21H23FN2O2/c1-15-8-9-17(14-16(15)2)20(25)23-10-5-11-24(13-12-23)21(26)18-6-3-4-7-19(18)22/h3-4,6-9,14H,5,10-13H2,1-2H3. The topological polar surface area (TPSA) is 40.6 Å². The third-order valence-corrected chi connectivity index (χ3v) is 4.93. The Morgan fingerprint density at radius 2 is 1.50 bits per heavy atom. The van der Waals surface area contributed by atoms with E-state index in [9.17, 15) is 14.0 Å². The van der Waals surface area contributed by atoms with Gasteiger partial charge in [-0.05, 0) is 55.7 Å². The van der Waals surface area contributed by atoms with E-state index in [1.807, 2.05) is 32.0 Å². The van der Waals surface area contributed by atoms with Gasteiger partial charge in [-0.25, -0.2) is 4.39 Å². The van der Waals surface area contributed by atoms with E-state index in [1.165, 1.54) is 12.1 Å². The summed E-state index contributed by atoms with van der Waals surface area (Å²) in [5.41, 5.74) is 2.99. The lowest BCUT2D eigenvalue weighted by atomic mass is 10.1. The number of amides is 2. The van der Waals surface area contributed by atoms with Crippen molar-refractivity contribution in [2.75, 3.05) is 26.2 Å². The first-order valence-electron chi connectivity index (χ1n) is 8.87. The minimum atomic E-state index is -0.509. The number of carbonyl (C=O) groups is 2. The number of benzene rings is 2. The van der Waals surface area contributed by atoms with Crippen molar-refractivity contribution in [2.24, 2.45) is 0 Å². The molecule has 2 aromatic rings. The van der Waals surface area contributed by atoms with Gasteiger partial charge in [-0.15, -0.1) is 0 Å². The monoisotopic (exact) mass is 354 g/mol. The molecular weight excluding hydrogens is 331 g/mol. The second-order valence-corrected chi connectivity index (χ2v) is 6.72. The van der Waals surface area contributed by atoms with E-state index >= 15 is 0 Å². The molecule has 1 heterocycles. The SMILES string of the molecule is Cc1ccc(C(=O)N2CCCN(C(=O)c3ccccc3F)CC2)cc1C. The largest absolute Gasteiger partial charge is 0.337 e. The van der Waals surface area contributed by atoms with Gasteiger partial charge in [0.1, 0.15) is 5.82 Å². The first-order chi connectivity index (χ1) is 12.5. The number of hydrogen-bond donors (Lipinski definition) is 0. The minimum Gasteiger partial charge on any atom is -0.337 e. The van der Waals surface area contributed by atoms with Crippen molar-refractivity contribution in [1.82, 2.24) is 9.80 Å². The van der Waals surface area contributed by atoms with Crippen LogP contribution in [0.1, 0.15) is 38.3 Å². The number of halogens is 1. The fourth-order valence-electron chi connectivity index (χ4n) is 3.19. The summed E-state index contributed by atoms with van der Waals surface area (Å²) >= 11 is 0. The molecule has 0 saturated carbocycles. The van der Waals surface area contributed by atoms with Crippen LogP contribution in [0, 0.1) is 19.7 Å². The van der Waals surface area contributed by atoms with E-state index in [-0.39, 0.29) is 17.4 Å². The van der Waals surface area contributed by atoms with Crippen LogP contribution in [0.4, 0.5) is 4.39 Å². The normalized spacial score (nSPS) is 14.9. The van der Waals surface area contributed by atoms with Crippen LogP contribution >= 0.6 is 0 Å². The molecule has 0 bridgehead atoms. The van der Waals surface area contributed by atoms with E-state index in [2.05, 4.69) is 0 Å². The Morgan fingerprint density at radius 1 is 0.846 bits per heavy atom. The predicted molar refractivity (Wildman–Crippen MR) is 98.7 cm³/mol. The summed E-state index contributed by atoms with van der Waals surface area (Å²) in [6.07, 6.45) is 0.677. The van der Waals surface area contributed by atoms with Crippen LogP contribution < -0.4 is 0 Å². The van der Waals surface area contributed by atoms with Gasteiger partial charge in [0.15, 0.2) is 0 Å². The molecule has 1 aliphatic rings. The average Bonchev–Trinajstić information content (AvgIpc) is 2.89. The van der Waals surface area contributed by atoms with Crippen molar-refractivity contribution >= 4 is 11.8 Å². The molecule has 136 valence electrons. The molecule has 3 rings (SSSR count). The molecule has 0 spiro atoms. The van der Waals surface area contributed by atoms with Crippen molar-refractivity contribution in [1.29, 1.82) is 0 Å². The molecule has 0 N–H and O–H groups in total. The highest BCUT2D eigenvalue weighted by Crippen LogP contribution is 2.16. The Kier molecular flexibility index (Phi) is 5.35. The second kappa shape index (κ2) is 7.68. The highest BCUT2D eigenvalue weighted by molar-refractivity contribution is 5.95. The average molecular weight is 354 g/mol. The Balaban J connectivity index is 1.70. The highest BCUT2D eigenvalue weighted by Gasteiger charge is 2.24. The zero-order valence-electron chi connectivity index (χ0n) is 15.2. The molecule has 1 aliphatic heterocycles. The summed E-state index contributed by atoms with van der Waals surface area (Å²) in [6, 6.07) is 11.7. The molecular formula is C21H23FN2O2. The first-order valence-corrected chi connectivity index (χ1v) is 8.87. The van der Waals surface area contributed by atoms with Gasteiger partial charge in [0.25, 0.3) is 11.8 Å². The number of aryl methyl sites for hydroxylation is 2. The smallest absolute Gasteiger partial charge is 0.256 e. The molecule has 0 aromatic heterocycles. The summed E-state index contributed by atoms with van der Waals surface area (Å²) in [4.78, 5) is 28.8. The zero-order chi connectivity index (χ0) is 18.7. The Bertz CT molecular complexity index is 835. The molecule has 2 amide bonds. The van der Waals surface area contributed by atoms with Crippen LogP contribution in [0.3, 0.4) is 0 Å². The van der Waals surface area contributed by atoms with Gasteiger partial charge in [-0.3, -0.25) is 9.59 Å². The summed E-state index contributed by atoms with van der Waals surface area (Å²) in [7, 11) is 0. The molecule has 0 unspecified atom stereocenters. The highest BCUT2D eigenvalue weighted by atomic mass is 19.1. The number of hydrogen-bond acceptors (Lipinski definition) is 2. The van der Waals surface area contributed by atoms with E-state index in [4.69, 9.17) is 0 Å². The Hall–Kier alpha value is -2.69. The van der Waals surface area contributed by atoms with Gasteiger partial charge in [0.2, 0.25) is 0 Å². The molecule has 5 heteroatoms. The molecule has 0 radical (unpaired) electrons. The summed E-state index contributed by atoms with van der Waals surface area (Å²) in [5, 5.41) is 0. The molecule has 0 aliphatic carbocycles. The Labute approximate surface area is 153 Å². The van der Waals surface area contributed by atoms with Gasteiger partial charge in [0, 0.05) is 31.7 Å². The third kappa shape index (κ3) is 3.77. The number of carbonyl (C=O) groups excluding carboxylic acids is 2. The van der Waals surface area contributed by atoms with Crippen molar-refractivity contribution in [2.45, 2.75) is 20.3 Å². The summed E-state index contributed by atoms with van der Waals surface area (Å²) in [6.45, 7) is 5.97. The van der Waals surface area contributed by atoms with Crippen LogP contribution in [0.25, 0.3) is 0 Å². The zero-order valence-corrected chi connectivity index (χ0v) is 15.2. The lowest BCUT2D eigenvalue weighted by molar-refractivity contribution is 0.0716. The molecule has 4 nitrogen and oxygen atoms in total. The molecule has 0 atom stereocenters. The van der Waals surface area contributed by atoms with E-state index in [1.54, 1.807) is 21.9 Å². The van der Waals surface area contributed by atoms with Crippen molar-refractivity contribution < 1.29 is 14.0 Å². The number of rotatable bonds is 2. The van der Waals surface area contributed by atoms with E-state index in [0.717, 1.165) is 11.1 Å². The number of nitrogens with zero attached hydrogens (tertiary/aromatic N) is 2. The molecule has 1 fully saturated rings. The van der Waals surface area contributed by atoms with E-state index in [0.29, 0.717) is 38.2 Å². The second-order valence-electron chi connectivity index (χ2n) is 6.72. The quantitative estimate of drug-likeness (QED) is 0.829. The van der Waals surface area contributed by atoms with Crippen LogP contribution in [0.5, 0.6) is 0 Å². The van der Waals surface area contributed by atoms with Gasteiger partial charge in [-0.2, -0.15) is 0 Å². The molecule has 1 saturated heterocycles. The lowest BCUT2D eigenvalue weighted by Crippen LogP contribution is -2.37. The van der Waals surface area contributed by atoms with Crippen molar-refractivity contribution in [3.8, 4) is 0 Å². The van der Waals surface area contributed by atoms with E-state index < -0.39 is 5.82 Å². The van der Waals surface area contributed by atoms with Gasteiger partial charge in [-0.1, -0.05) is 18.2 Å². The van der Waals surface area contributed by atoms with Crippen LogP contribution in [-0.2, 0) is 0 Å². The van der Waals surface area contributed by atoms with Crippen LogP contribution in [0.2, 0.25) is 0 Å². The maximum Gasteiger partial charge on any atom is 0.256 e.